The molecule has 0 aromatic rings. The Morgan fingerprint density at radius 1 is 1.82 bits per heavy atom. The summed E-state index contributed by atoms with van der Waals surface area (Å²) in [4.78, 5) is 9.38. The predicted octanol–water partition coefficient (Wildman–Crippen LogP) is 0.851. The van der Waals surface area contributed by atoms with Crippen molar-refractivity contribution >= 4 is 17.6 Å². The Kier molecular flexibility index (Phi) is 2.02. The molecule has 0 saturated heterocycles. The van der Waals surface area contributed by atoms with Crippen LogP contribution in [0, 0.1) is 0 Å². The molecule has 3 nitrogen and oxygen atoms in total. The third kappa shape index (κ3) is 2.06. The molecule has 0 bridgehead atoms. The van der Waals surface area contributed by atoms with Gasteiger partial charge < -0.3 is 10.8 Å². The zero-order valence-corrected chi connectivity index (χ0v) is 6.51. The van der Waals surface area contributed by atoms with Crippen molar-refractivity contribution in [2.75, 3.05) is 0 Å². The third-order valence-corrected chi connectivity index (χ3v) is 1.63. The van der Waals surface area contributed by atoms with E-state index in [0.29, 0.717) is 6.42 Å². The third-order valence-electron chi connectivity index (χ3n) is 1.37. The van der Waals surface area contributed by atoms with Gasteiger partial charge in [-0.15, -0.1) is 0 Å². The van der Waals surface area contributed by atoms with Crippen LogP contribution in [0.3, 0.4) is 0 Å². The molecule has 0 aromatic heterocycles. The Balaban J connectivity index is 2.89. The molecule has 1 unspecified atom stereocenters. The zero-order chi connectivity index (χ0) is 8.48. The number of aliphatic carboxylic acids is 1. The van der Waals surface area contributed by atoms with Gasteiger partial charge in [-0.25, -0.2) is 4.79 Å². The van der Waals surface area contributed by atoms with Crippen molar-refractivity contribution in [3.05, 3.63) is 23.8 Å². The molecule has 1 atom stereocenters. The Bertz CT molecular complexity index is 243. The first-order valence-electron chi connectivity index (χ1n) is 3.12. The molecule has 1 aliphatic carbocycles. The Hall–Kier alpha value is -0.800. The van der Waals surface area contributed by atoms with Crippen molar-refractivity contribution in [1.29, 1.82) is 0 Å². The van der Waals surface area contributed by atoms with Crippen LogP contribution in [-0.4, -0.2) is 16.1 Å². The standard InChI is InChI=1S/C7H8ClNO2/c8-7(9)3-1-2-5(4-7)6(10)11/h1-2,4H,3,9H2,(H,10,11). The number of halogens is 1. The predicted molar refractivity (Wildman–Crippen MR) is 42.2 cm³/mol. The maximum absolute atomic E-state index is 10.4. The minimum atomic E-state index is -1.03. The molecule has 0 fully saturated rings. The van der Waals surface area contributed by atoms with Gasteiger partial charge in [-0.1, -0.05) is 23.8 Å². The van der Waals surface area contributed by atoms with Crippen molar-refractivity contribution in [3.8, 4) is 0 Å². The number of hydrogen-bond donors (Lipinski definition) is 2. The quantitative estimate of drug-likeness (QED) is 0.457. The van der Waals surface area contributed by atoms with E-state index in [9.17, 15) is 4.79 Å². The molecule has 0 aromatic carbocycles. The molecule has 0 saturated carbocycles. The molecule has 0 amide bonds. The lowest BCUT2D eigenvalue weighted by molar-refractivity contribution is -0.132. The van der Waals surface area contributed by atoms with E-state index in [2.05, 4.69) is 0 Å². The summed E-state index contributed by atoms with van der Waals surface area (Å²) in [5.41, 5.74) is 5.63. The largest absolute Gasteiger partial charge is 0.478 e. The maximum Gasteiger partial charge on any atom is 0.335 e. The normalized spacial score (nSPS) is 29.8. The van der Waals surface area contributed by atoms with Gasteiger partial charge in [0.2, 0.25) is 0 Å². The zero-order valence-electron chi connectivity index (χ0n) is 5.75. The highest BCUT2D eigenvalue weighted by Gasteiger charge is 2.22. The SMILES string of the molecule is NC1(Cl)C=C(C(=O)O)C=CC1. The van der Waals surface area contributed by atoms with Crippen LogP contribution in [0.25, 0.3) is 0 Å². The van der Waals surface area contributed by atoms with Gasteiger partial charge in [0.1, 0.15) is 5.00 Å². The Morgan fingerprint density at radius 3 is 2.82 bits per heavy atom. The van der Waals surface area contributed by atoms with Crippen LogP contribution in [0.15, 0.2) is 23.8 Å². The van der Waals surface area contributed by atoms with E-state index >= 15 is 0 Å². The number of carboxylic acids is 1. The van der Waals surface area contributed by atoms with Gasteiger partial charge in [-0.05, 0) is 6.08 Å². The lowest BCUT2D eigenvalue weighted by Gasteiger charge is -2.18. The summed E-state index contributed by atoms with van der Waals surface area (Å²) >= 11 is 5.70. The van der Waals surface area contributed by atoms with Crippen LogP contribution in [0.4, 0.5) is 0 Å². The number of carboxylic acid groups (broad SMARTS) is 1. The van der Waals surface area contributed by atoms with Crippen LogP contribution < -0.4 is 5.73 Å². The van der Waals surface area contributed by atoms with Gasteiger partial charge in [0.05, 0.1) is 5.57 Å². The average Bonchev–Trinajstić information content (AvgIpc) is 1.85. The Labute approximate surface area is 69.1 Å². The van der Waals surface area contributed by atoms with Gasteiger partial charge >= 0.3 is 5.97 Å². The highest BCUT2D eigenvalue weighted by molar-refractivity contribution is 6.25. The highest BCUT2D eigenvalue weighted by atomic mass is 35.5. The number of carbonyl (C=O) groups is 1. The van der Waals surface area contributed by atoms with Crippen molar-refractivity contribution in [1.82, 2.24) is 0 Å². The summed E-state index contributed by atoms with van der Waals surface area (Å²) in [7, 11) is 0. The van der Waals surface area contributed by atoms with Crippen LogP contribution in [-0.2, 0) is 4.79 Å². The fraction of sp³-hybridized carbons (Fsp3) is 0.286. The van der Waals surface area contributed by atoms with E-state index in [-0.39, 0.29) is 5.57 Å². The van der Waals surface area contributed by atoms with Gasteiger partial charge in [0.15, 0.2) is 0 Å². The number of alkyl halides is 1. The molecule has 0 radical (unpaired) electrons. The van der Waals surface area contributed by atoms with E-state index in [1.54, 1.807) is 6.08 Å². The molecule has 3 N–H and O–H groups in total. The molecular formula is C7H8ClNO2. The molecule has 0 spiro atoms. The summed E-state index contributed by atoms with van der Waals surface area (Å²) in [5, 5.41) is 8.54. The van der Waals surface area contributed by atoms with E-state index in [0.717, 1.165) is 0 Å². The van der Waals surface area contributed by atoms with Crippen LogP contribution in [0.5, 0.6) is 0 Å². The first kappa shape index (κ1) is 8.30. The molecule has 0 heterocycles. The molecule has 60 valence electrons. The van der Waals surface area contributed by atoms with Crippen LogP contribution in [0.1, 0.15) is 6.42 Å². The number of nitrogens with two attached hydrogens (primary N) is 1. The summed E-state index contributed by atoms with van der Waals surface area (Å²) in [6.45, 7) is 0. The molecule has 11 heavy (non-hydrogen) atoms. The number of rotatable bonds is 1. The summed E-state index contributed by atoms with van der Waals surface area (Å²) in [6.07, 6.45) is 4.95. The van der Waals surface area contributed by atoms with Gasteiger partial charge in [-0.3, -0.25) is 0 Å². The monoisotopic (exact) mass is 173 g/mol. The van der Waals surface area contributed by atoms with Crippen LogP contribution in [0.2, 0.25) is 0 Å². The Morgan fingerprint density at radius 2 is 2.45 bits per heavy atom. The molecule has 1 aliphatic rings. The first-order valence-corrected chi connectivity index (χ1v) is 3.49. The van der Waals surface area contributed by atoms with Crippen molar-refractivity contribution in [2.45, 2.75) is 11.4 Å². The van der Waals surface area contributed by atoms with Crippen LogP contribution >= 0.6 is 11.6 Å². The molecule has 4 heteroatoms. The van der Waals surface area contributed by atoms with Crippen molar-refractivity contribution in [2.24, 2.45) is 5.73 Å². The summed E-state index contributed by atoms with van der Waals surface area (Å²) in [5.74, 6) is -1.00. The second kappa shape index (κ2) is 2.68. The smallest absolute Gasteiger partial charge is 0.335 e. The molecular weight excluding hydrogens is 166 g/mol. The summed E-state index contributed by atoms with van der Waals surface area (Å²) in [6, 6.07) is 0. The summed E-state index contributed by atoms with van der Waals surface area (Å²) < 4.78 is 0. The van der Waals surface area contributed by atoms with Gasteiger partial charge in [0, 0.05) is 6.42 Å². The fourth-order valence-corrected chi connectivity index (χ4v) is 1.07. The highest BCUT2D eigenvalue weighted by Crippen LogP contribution is 2.22. The van der Waals surface area contributed by atoms with E-state index in [4.69, 9.17) is 22.4 Å². The van der Waals surface area contributed by atoms with Crippen molar-refractivity contribution in [3.63, 3.8) is 0 Å². The maximum atomic E-state index is 10.4. The van der Waals surface area contributed by atoms with E-state index < -0.39 is 11.0 Å². The minimum absolute atomic E-state index is 0.147. The second-order valence-corrected chi connectivity index (χ2v) is 3.14. The van der Waals surface area contributed by atoms with E-state index in [1.165, 1.54) is 12.2 Å². The van der Waals surface area contributed by atoms with Crippen molar-refractivity contribution < 1.29 is 9.90 Å². The fourth-order valence-electron chi connectivity index (χ4n) is 0.865. The molecule has 1 rings (SSSR count). The second-order valence-electron chi connectivity index (χ2n) is 2.44. The topological polar surface area (TPSA) is 63.3 Å². The first-order chi connectivity index (χ1) is 5.01. The minimum Gasteiger partial charge on any atom is -0.478 e. The average molecular weight is 174 g/mol. The molecule has 0 aliphatic heterocycles. The number of hydrogen-bond acceptors (Lipinski definition) is 2. The van der Waals surface area contributed by atoms with Gasteiger partial charge in [0.25, 0.3) is 0 Å². The van der Waals surface area contributed by atoms with E-state index in [1.807, 2.05) is 0 Å². The lowest BCUT2D eigenvalue weighted by atomic mass is 10.0. The van der Waals surface area contributed by atoms with Gasteiger partial charge in [-0.2, -0.15) is 0 Å². The lowest BCUT2D eigenvalue weighted by Crippen LogP contribution is -2.32.